The van der Waals surface area contributed by atoms with Gasteiger partial charge in [-0.25, -0.2) is 8.42 Å². The van der Waals surface area contributed by atoms with Crippen LogP contribution in [0.4, 0.5) is 5.69 Å². The van der Waals surface area contributed by atoms with E-state index in [4.69, 9.17) is 0 Å². The van der Waals surface area contributed by atoms with Crippen molar-refractivity contribution in [2.24, 2.45) is 0 Å². The van der Waals surface area contributed by atoms with Gasteiger partial charge in [0, 0.05) is 0 Å². The van der Waals surface area contributed by atoms with E-state index in [1.807, 2.05) is 63.2 Å². The fourth-order valence-corrected chi connectivity index (χ4v) is 4.71. The number of hydrogen-bond acceptors (Lipinski definition) is 3. The van der Waals surface area contributed by atoms with Gasteiger partial charge in [0.15, 0.2) is 0 Å². The third-order valence-electron chi connectivity index (χ3n) is 5.21. The van der Waals surface area contributed by atoms with Crippen LogP contribution in [-0.4, -0.2) is 20.9 Å². The predicted molar refractivity (Wildman–Crippen MR) is 125 cm³/mol. The number of sulfonamides is 1. The lowest BCUT2D eigenvalue weighted by Crippen LogP contribution is -2.41. The molecule has 0 saturated heterocycles. The highest BCUT2D eigenvalue weighted by Crippen LogP contribution is 2.25. The van der Waals surface area contributed by atoms with Crippen molar-refractivity contribution in [1.82, 2.24) is 5.32 Å². The number of carbonyl (C=O) groups is 1. The van der Waals surface area contributed by atoms with Crippen molar-refractivity contribution in [2.45, 2.75) is 38.1 Å². The van der Waals surface area contributed by atoms with E-state index in [-0.39, 0.29) is 23.4 Å². The Morgan fingerprint density at radius 1 is 0.935 bits per heavy atom. The molecule has 3 aromatic carbocycles. The quantitative estimate of drug-likeness (QED) is 0.560. The molecule has 0 aromatic heterocycles. The highest BCUT2D eigenvalue weighted by atomic mass is 32.2. The summed E-state index contributed by atoms with van der Waals surface area (Å²) in [4.78, 5) is 13.0. The van der Waals surface area contributed by atoms with Crippen molar-refractivity contribution in [2.75, 3.05) is 10.8 Å². The molecule has 1 atom stereocenters. The van der Waals surface area contributed by atoms with Crippen molar-refractivity contribution >= 4 is 21.6 Å². The van der Waals surface area contributed by atoms with Crippen molar-refractivity contribution in [3.8, 4) is 0 Å². The van der Waals surface area contributed by atoms with Gasteiger partial charge in [0.2, 0.25) is 5.91 Å². The van der Waals surface area contributed by atoms with Crippen LogP contribution in [0.1, 0.15) is 36.6 Å². The Bertz CT molecular complexity index is 1110. The second-order valence-corrected chi connectivity index (χ2v) is 9.41. The summed E-state index contributed by atoms with van der Waals surface area (Å²) in [5.41, 5.74) is 3.47. The summed E-state index contributed by atoms with van der Waals surface area (Å²) in [7, 11) is -3.91. The molecule has 0 aliphatic rings. The fraction of sp³-hybridized carbons (Fsp3) is 0.240. The number of aryl methyl sites for hydroxylation is 2. The predicted octanol–water partition coefficient (Wildman–Crippen LogP) is 4.63. The fourth-order valence-electron chi connectivity index (χ4n) is 3.29. The number of anilines is 1. The van der Waals surface area contributed by atoms with E-state index in [0.717, 1.165) is 23.1 Å². The molecule has 0 saturated carbocycles. The molecule has 0 bridgehead atoms. The van der Waals surface area contributed by atoms with Crippen molar-refractivity contribution in [3.05, 3.63) is 95.6 Å². The lowest BCUT2D eigenvalue weighted by Gasteiger charge is -2.25. The monoisotopic (exact) mass is 436 g/mol. The van der Waals surface area contributed by atoms with Crippen LogP contribution >= 0.6 is 0 Å². The maximum absolute atomic E-state index is 13.4. The standard InChI is InChI=1S/C25H28N2O3S/c1-4-21-12-14-23(15-13-21)27(31(29,30)24-16-10-19(2)11-17-24)18-25(28)26-20(3)22-8-6-5-7-9-22/h5-17,20H,4,18H2,1-3H3,(H,26,28)/t20-/m0/s1. The third kappa shape index (κ3) is 5.52. The van der Waals surface area contributed by atoms with Gasteiger partial charge in [-0.3, -0.25) is 9.10 Å². The molecule has 0 fully saturated rings. The molecule has 0 aliphatic heterocycles. The number of amides is 1. The molecule has 0 radical (unpaired) electrons. The number of hydrogen-bond donors (Lipinski definition) is 1. The zero-order chi connectivity index (χ0) is 22.4. The summed E-state index contributed by atoms with van der Waals surface area (Å²) in [5, 5.41) is 2.91. The molecule has 6 heteroatoms. The normalized spacial score (nSPS) is 12.2. The molecule has 0 spiro atoms. The molecule has 1 N–H and O–H groups in total. The molecular weight excluding hydrogens is 408 g/mol. The first-order chi connectivity index (χ1) is 14.8. The van der Waals surface area contributed by atoms with Crippen LogP contribution in [0, 0.1) is 6.92 Å². The van der Waals surface area contributed by atoms with Crippen LogP contribution in [0.3, 0.4) is 0 Å². The molecule has 3 aromatic rings. The van der Waals surface area contributed by atoms with E-state index in [1.165, 1.54) is 4.31 Å². The van der Waals surface area contributed by atoms with E-state index in [1.54, 1.807) is 36.4 Å². The Morgan fingerprint density at radius 3 is 2.13 bits per heavy atom. The minimum Gasteiger partial charge on any atom is -0.348 e. The zero-order valence-electron chi connectivity index (χ0n) is 18.1. The smallest absolute Gasteiger partial charge is 0.264 e. The number of rotatable bonds is 8. The Balaban J connectivity index is 1.90. The summed E-state index contributed by atoms with van der Waals surface area (Å²) in [6.07, 6.45) is 0.847. The maximum atomic E-state index is 13.4. The lowest BCUT2D eigenvalue weighted by atomic mass is 10.1. The average Bonchev–Trinajstić information content (AvgIpc) is 2.78. The van der Waals surface area contributed by atoms with Gasteiger partial charge in [-0.15, -0.1) is 0 Å². The van der Waals surface area contributed by atoms with Crippen molar-refractivity contribution in [3.63, 3.8) is 0 Å². The van der Waals surface area contributed by atoms with Crippen LogP contribution in [-0.2, 0) is 21.2 Å². The van der Waals surface area contributed by atoms with E-state index < -0.39 is 10.0 Å². The maximum Gasteiger partial charge on any atom is 0.264 e. The summed E-state index contributed by atoms with van der Waals surface area (Å²) >= 11 is 0. The number of benzene rings is 3. The summed E-state index contributed by atoms with van der Waals surface area (Å²) in [6.45, 7) is 5.51. The molecule has 5 nitrogen and oxygen atoms in total. The summed E-state index contributed by atoms with van der Waals surface area (Å²) in [5.74, 6) is -0.369. The van der Waals surface area contributed by atoms with Gasteiger partial charge in [-0.2, -0.15) is 0 Å². The van der Waals surface area contributed by atoms with Gasteiger partial charge >= 0.3 is 0 Å². The first-order valence-electron chi connectivity index (χ1n) is 10.3. The second kappa shape index (κ2) is 9.79. The average molecular weight is 437 g/mol. The Hall–Kier alpha value is -3.12. The van der Waals surface area contributed by atoms with Gasteiger partial charge in [-0.1, -0.05) is 67.1 Å². The highest BCUT2D eigenvalue weighted by Gasteiger charge is 2.27. The van der Waals surface area contributed by atoms with Gasteiger partial charge < -0.3 is 5.32 Å². The van der Waals surface area contributed by atoms with Crippen molar-refractivity contribution in [1.29, 1.82) is 0 Å². The largest absolute Gasteiger partial charge is 0.348 e. The van der Waals surface area contributed by atoms with Crippen LogP contribution in [0.2, 0.25) is 0 Å². The van der Waals surface area contributed by atoms with Crippen LogP contribution in [0.5, 0.6) is 0 Å². The molecule has 0 heterocycles. The van der Waals surface area contributed by atoms with Crippen LogP contribution < -0.4 is 9.62 Å². The molecular formula is C25H28N2O3S. The number of nitrogens with zero attached hydrogens (tertiary/aromatic N) is 1. The first-order valence-corrected chi connectivity index (χ1v) is 11.8. The highest BCUT2D eigenvalue weighted by molar-refractivity contribution is 7.92. The molecule has 3 rings (SSSR count). The zero-order valence-corrected chi connectivity index (χ0v) is 18.9. The second-order valence-electron chi connectivity index (χ2n) is 7.54. The van der Waals surface area contributed by atoms with Gasteiger partial charge in [-0.05, 0) is 55.7 Å². The summed E-state index contributed by atoms with van der Waals surface area (Å²) < 4.78 is 28.0. The SMILES string of the molecule is CCc1ccc(N(CC(=O)N[C@@H](C)c2ccccc2)S(=O)(=O)c2ccc(C)cc2)cc1. The number of nitrogens with one attached hydrogen (secondary N) is 1. The van der Waals surface area contributed by atoms with Gasteiger partial charge in [0.1, 0.15) is 6.54 Å². The van der Waals surface area contributed by atoms with Crippen molar-refractivity contribution < 1.29 is 13.2 Å². The topological polar surface area (TPSA) is 66.5 Å². The van der Waals surface area contributed by atoms with E-state index in [9.17, 15) is 13.2 Å². The first kappa shape index (κ1) is 22.6. The molecule has 1 amide bonds. The van der Waals surface area contributed by atoms with E-state index in [2.05, 4.69) is 5.32 Å². The lowest BCUT2D eigenvalue weighted by molar-refractivity contribution is -0.120. The summed E-state index contributed by atoms with van der Waals surface area (Å²) in [6, 6.07) is 23.3. The van der Waals surface area contributed by atoms with Gasteiger partial charge in [0.25, 0.3) is 10.0 Å². The van der Waals surface area contributed by atoms with Gasteiger partial charge in [0.05, 0.1) is 16.6 Å². The van der Waals surface area contributed by atoms with Crippen LogP contribution in [0.25, 0.3) is 0 Å². The molecule has 31 heavy (non-hydrogen) atoms. The Labute approximate surface area is 184 Å². The minimum absolute atomic E-state index is 0.154. The molecule has 0 unspecified atom stereocenters. The number of carbonyl (C=O) groups excluding carboxylic acids is 1. The van der Waals surface area contributed by atoms with E-state index in [0.29, 0.717) is 5.69 Å². The molecule has 162 valence electrons. The molecule has 0 aliphatic carbocycles. The Kier molecular flexibility index (Phi) is 7.13. The minimum atomic E-state index is -3.91. The van der Waals surface area contributed by atoms with Crippen LogP contribution in [0.15, 0.2) is 83.8 Å². The Morgan fingerprint density at radius 2 is 1.55 bits per heavy atom. The third-order valence-corrected chi connectivity index (χ3v) is 6.99. The van der Waals surface area contributed by atoms with E-state index >= 15 is 0 Å².